The summed E-state index contributed by atoms with van der Waals surface area (Å²) < 4.78 is 7.42. The first-order chi connectivity index (χ1) is 10.2. The van der Waals surface area contributed by atoms with Crippen LogP contribution in [0, 0.1) is 5.92 Å². The summed E-state index contributed by atoms with van der Waals surface area (Å²) >= 11 is 0. The van der Waals surface area contributed by atoms with Crippen molar-refractivity contribution in [2.45, 2.75) is 52.8 Å². The van der Waals surface area contributed by atoms with Crippen molar-refractivity contribution < 1.29 is 9.53 Å². The lowest BCUT2D eigenvalue weighted by Crippen LogP contribution is -2.49. The van der Waals surface area contributed by atoms with E-state index in [2.05, 4.69) is 30.5 Å². The van der Waals surface area contributed by atoms with Crippen molar-refractivity contribution in [2.24, 2.45) is 5.92 Å². The summed E-state index contributed by atoms with van der Waals surface area (Å²) in [5.41, 5.74) is 0.661. The van der Waals surface area contributed by atoms with Gasteiger partial charge in [-0.15, -0.1) is 0 Å². The fourth-order valence-electron chi connectivity index (χ4n) is 2.50. The highest BCUT2D eigenvalue weighted by Gasteiger charge is 2.28. The molecule has 2 heterocycles. The van der Waals surface area contributed by atoms with Gasteiger partial charge in [-0.3, -0.25) is 4.68 Å². The number of piperazine rings is 1. The molecule has 22 heavy (non-hydrogen) atoms. The van der Waals surface area contributed by atoms with Gasteiger partial charge in [-0.05, 0) is 26.7 Å². The molecule has 0 radical (unpaired) electrons. The second kappa shape index (κ2) is 6.69. The Balaban J connectivity index is 1.98. The second-order valence-corrected chi connectivity index (χ2v) is 7.32. The van der Waals surface area contributed by atoms with Crippen molar-refractivity contribution in [1.82, 2.24) is 20.0 Å². The molecule has 1 aliphatic heterocycles. The summed E-state index contributed by atoms with van der Waals surface area (Å²) in [5.74, 6) is 0.560. The monoisotopic (exact) mass is 308 g/mol. The van der Waals surface area contributed by atoms with Gasteiger partial charge in [-0.25, -0.2) is 4.79 Å². The minimum atomic E-state index is -0.459. The lowest BCUT2D eigenvalue weighted by molar-refractivity contribution is 0.0195. The van der Waals surface area contributed by atoms with Gasteiger partial charge in [-0.1, -0.05) is 13.8 Å². The van der Waals surface area contributed by atoms with Crippen molar-refractivity contribution >= 4 is 6.09 Å². The van der Waals surface area contributed by atoms with Crippen LogP contribution in [0.25, 0.3) is 0 Å². The van der Waals surface area contributed by atoms with Gasteiger partial charge in [0.2, 0.25) is 0 Å². The van der Waals surface area contributed by atoms with Crippen molar-refractivity contribution in [3.63, 3.8) is 0 Å². The third kappa shape index (κ3) is 4.73. The molecule has 0 bridgehead atoms. The predicted molar refractivity (Wildman–Crippen MR) is 85.6 cm³/mol. The van der Waals surface area contributed by atoms with Gasteiger partial charge >= 0.3 is 6.09 Å². The lowest BCUT2D eigenvalue weighted by atomic mass is 10.1. The molecule has 2 rings (SSSR count). The van der Waals surface area contributed by atoms with Gasteiger partial charge in [0.05, 0.1) is 12.2 Å². The third-order valence-electron chi connectivity index (χ3n) is 3.43. The maximum Gasteiger partial charge on any atom is 0.410 e. The Kier molecular flexibility index (Phi) is 5.11. The first-order valence-corrected chi connectivity index (χ1v) is 7.98. The maximum atomic E-state index is 12.2. The van der Waals surface area contributed by atoms with Gasteiger partial charge < -0.3 is 15.0 Å². The van der Waals surface area contributed by atoms with E-state index in [1.807, 2.05) is 31.6 Å². The Labute approximate surface area is 132 Å². The van der Waals surface area contributed by atoms with Crippen molar-refractivity contribution in [3.8, 4) is 0 Å². The van der Waals surface area contributed by atoms with Crippen LogP contribution in [0.5, 0.6) is 0 Å². The number of nitrogens with one attached hydrogen (secondary N) is 1. The summed E-state index contributed by atoms with van der Waals surface area (Å²) in [6, 6.07) is 0.113. The maximum absolute atomic E-state index is 12.2. The number of ether oxygens (including phenoxy) is 1. The average molecular weight is 308 g/mol. The molecule has 0 aliphatic carbocycles. The molecule has 1 aromatic rings. The first-order valence-electron chi connectivity index (χ1n) is 7.98. The minimum absolute atomic E-state index is 0.113. The number of hydrogen-bond acceptors (Lipinski definition) is 4. The highest BCUT2D eigenvalue weighted by atomic mass is 16.6. The number of carbonyl (C=O) groups is 1. The van der Waals surface area contributed by atoms with Crippen molar-refractivity contribution in [3.05, 3.63) is 18.0 Å². The molecule has 0 spiro atoms. The summed E-state index contributed by atoms with van der Waals surface area (Å²) in [7, 11) is 0. The molecular formula is C16H28N4O2. The van der Waals surface area contributed by atoms with E-state index in [0.717, 1.165) is 18.7 Å². The third-order valence-corrected chi connectivity index (χ3v) is 3.43. The fraction of sp³-hybridized carbons (Fsp3) is 0.750. The quantitative estimate of drug-likeness (QED) is 0.931. The van der Waals surface area contributed by atoms with Gasteiger partial charge in [0.25, 0.3) is 0 Å². The molecule has 1 saturated heterocycles. The van der Waals surface area contributed by atoms with E-state index in [1.54, 1.807) is 4.90 Å². The molecule has 124 valence electrons. The van der Waals surface area contributed by atoms with Gasteiger partial charge in [0.1, 0.15) is 5.60 Å². The molecule has 1 fully saturated rings. The van der Waals surface area contributed by atoms with E-state index < -0.39 is 5.60 Å². The van der Waals surface area contributed by atoms with Gasteiger partial charge in [0, 0.05) is 37.9 Å². The molecule has 1 unspecified atom stereocenters. The fourth-order valence-corrected chi connectivity index (χ4v) is 2.50. The number of carbonyl (C=O) groups excluding carboxylic acids is 1. The zero-order chi connectivity index (χ0) is 16.3. The number of rotatable bonds is 3. The van der Waals surface area contributed by atoms with E-state index >= 15 is 0 Å². The van der Waals surface area contributed by atoms with Crippen molar-refractivity contribution in [1.29, 1.82) is 0 Å². The van der Waals surface area contributed by atoms with Crippen LogP contribution in [0.2, 0.25) is 0 Å². The Morgan fingerprint density at radius 2 is 2.23 bits per heavy atom. The predicted octanol–water partition coefficient (Wildman–Crippen LogP) is 2.42. The number of amides is 1. The highest BCUT2D eigenvalue weighted by molar-refractivity contribution is 5.68. The van der Waals surface area contributed by atoms with Crippen LogP contribution in [-0.2, 0) is 11.3 Å². The van der Waals surface area contributed by atoms with E-state index in [9.17, 15) is 4.79 Å². The highest BCUT2D eigenvalue weighted by Crippen LogP contribution is 2.19. The lowest BCUT2D eigenvalue weighted by Gasteiger charge is -2.34. The standard InChI is InChI=1S/C16H28N4O2/c1-12(2)9-20-10-13(8-18-20)14-11-19(7-6-17-14)15(21)22-16(3,4)5/h8,10,12,14,17H,6-7,9,11H2,1-5H3. The molecule has 0 aromatic carbocycles. The van der Waals surface area contributed by atoms with Crippen LogP contribution >= 0.6 is 0 Å². The molecule has 1 N–H and O–H groups in total. The topological polar surface area (TPSA) is 59.4 Å². The summed E-state index contributed by atoms with van der Waals surface area (Å²) in [6.45, 7) is 13.0. The summed E-state index contributed by atoms with van der Waals surface area (Å²) in [6.07, 6.45) is 3.71. The average Bonchev–Trinajstić information content (AvgIpc) is 2.84. The Morgan fingerprint density at radius 3 is 2.86 bits per heavy atom. The minimum Gasteiger partial charge on any atom is -0.444 e. The first kappa shape index (κ1) is 16.8. The van der Waals surface area contributed by atoms with Crippen LogP contribution in [0.1, 0.15) is 46.2 Å². The zero-order valence-electron chi connectivity index (χ0n) is 14.3. The van der Waals surface area contributed by atoms with Crippen LogP contribution in [0.3, 0.4) is 0 Å². The number of aromatic nitrogens is 2. The van der Waals surface area contributed by atoms with E-state index in [4.69, 9.17) is 4.74 Å². The second-order valence-electron chi connectivity index (χ2n) is 7.32. The van der Waals surface area contributed by atoms with Crippen LogP contribution < -0.4 is 5.32 Å². The van der Waals surface area contributed by atoms with Gasteiger partial charge in [-0.2, -0.15) is 5.10 Å². The van der Waals surface area contributed by atoms with Crippen LogP contribution in [0.4, 0.5) is 4.79 Å². The molecule has 1 atom stereocenters. The SMILES string of the molecule is CC(C)Cn1cc(C2CN(C(=O)OC(C)(C)C)CCN2)cn1. The van der Waals surface area contributed by atoms with Crippen LogP contribution in [0.15, 0.2) is 12.4 Å². The summed E-state index contributed by atoms with van der Waals surface area (Å²) in [5, 5.41) is 7.85. The Morgan fingerprint density at radius 1 is 1.50 bits per heavy atom. The molecule has 1 aliphatic rings. The largest absolute Gasteiger partial charge is 0.444 e. The Bertz CT molecular complexity index is 504. The Hall–Kier alpha value is -1.56. The molecule has 1 amide bonds. The molecule has 6 heteroatoms. The number of nitrogens with zero attached hydrogens (tertiary/aromatic N) is 3. The molecule has 1 aromatic heterocycles. The van der Waals surface area contributed by atoms with E-state index in [0.29, 0.717) is 19.0 Å². The molecular weight excluding hydrogens is 280 g/mol. The van der Waals surface area contributed by atoms with Crippen LogP contribution in [-0.4, -0.2) is 46.0 Å². The zero-order valence-corrected chi connectivity index (χ0v) is 14.3. The van der Waals surface area contributed by atoms with E-state index in [-0.39, 0.29) is 12.1 Å². The summed E-state index contributed by atoms with van der Waals surface area (Å²) in [4.78, 5) is 14.0. The molecule has 0 saturated carbocycles. The van der Waals surface area contributed by atoms with Crippen molar-refractivity contribution in [2.75, 3.05) is 19.6 Å². The normalized spacial score (nSPS) is 19.5. The number of hydrogen-bond donors (Lipinski definition) is 1. The van der Waals surface area contributed by atoms with Gasteiger partial charge in [0.15, 0.2) is 0 Å². The van der Waals surface area contributed by atoms with E-state index in [1.165, 1.54) is 0 Å². The smallest absolute Gasteiger partial charge is 0.410 e. The molecule has 6 nitrogen and oxygen atoms in total.